The summed E-state index contributed by atoms with van der Waals surface area (Å²) in [4.78, 5) is 20.5. The molecule has 0 atom stereocenters. The Morgan fingerprint density at radius 2 is 1.74 bits per heavy atom. The molecule has 4 aromatic rings. The number of nitrogens with zero attached hydrogens (tertiary/aromatic N) is 6. The Kier molecular flexibility index (Phi) is 5.09. The minimum atomic E-state index is 0.492. The van der Waals surface area contributed by atoms with E-state index < -0.39 is 0 Å². The number of rotatable bonds is 5. The summed E-state index contributed by atoms with van der Waals surface area (Å²) in [6, 6.07) is 9.95. The molecule has 2 N–H and O–H groups in total. The van der Waals surface area contributed by atoms with Gasteiger partial charge in [-0.1, -0.05) is 0 Å². The van der Waals surface area contributed by atoms with Gasteiger partial charge in [-0.25, -0.2) is 9.97 Å². The second-order valence-corrected chi connectivity index (χ2v) is 7.56. The topological polar surface area (TPSA) is 92.5 Å². The highest BCUT2D eigenvalue weighted by Gasteiger charge is 2.16. The van der Waals surface area contributed by atoms with Crippen LogP contribution in [0.5, 0.6) is 0 Å². The van der Waals surface area contributed by atoms with Crippen molar-refractivity contribution in [2.75, 3.05) is 41.8 Å². The molecule has 0 amide bonds. The molecule has 0 bridgehead atoms. The molecule has 9 heteroatoms. The summed E-state index contributed by atoms with van der Waals surface area (Å²) in [5.41, 5.74) is 3.84. The average molecular weight is 416 g/mol. The zero-order chi connectivity index (χ0) is 21.2. The molecule has 0 unspecified atom stereocenters. The van der Waals surface area contributed by atoms with E-state index in [1.807, 2.05) is 61.0 Å². The number of imidazole rings is 1. The van der Waals surface area contributed by atoms with Gasteiger partial charge in [0.05, 0.1) is 13.2 Å². The maximum Gasteiger partial charge on any atom is 0.232 e. The summed E-state index contributed by atoms with van der Waals surface area (Å²) in [5, 5.41) is 6.66. The molecule has 4 aromatic heterocycles. The zero-order valence-electron chi connectivity index (χ0n) is 17.5. The monoisotopic (exact) mass is 416 g/mol. The number of aromatic nitrogens is 5. The fourth-order valence-corrected chi connectivity index (χ4v) is 3.66. The van der Waals surface area contributed by atoms with E-state index in [1.165, 1.54) is 0 Å². The zero-order valence-corrected chi connectivity index (χ0v) is 17.5. The average Bonchev–Trinajstić information content (AvgIpc) is 3.21. The van der Waals surface area contributed by atoms with Gasteiger partial charge >= 0.3 is 0 Å². The van der Waals surface area contributed by atoms with Crippen LogP contribution in [0, 0.1) is 13.8 Å². The lowest BCUT2D eigenvalue weighted by molar-refractivity contribution is 0.122. The lowest BCUT2D eigenvalue weighted by Crippen LogP contribution is -2.36. The van der Waals surface area contributed by atoms with Crippen molar-refractivity contribution < 1.29 is 4.74 Å². The molecule has 1 fully saturated rings. The molecule has 1 saturated heterocycles. The molecule has 1 aliphatic heterocycles. The van der Waals surface area contributed by atoms with E-state index in [9.17, 15) is 0 Å². The first-order chi connectivity index (χ1) is 15.1. The number of morpholine rings is 1. The summed E-state index contributed by atoms with van der Waals surface area (Å²) < 4.78 is 7.46. The molecule has 31 heavy (non-hydrogen) atoms. The number of hydrogen-bond acceptors (Lipinski definition) is 8. The summed E-state index contributed by atoms with van der Waals surface area (Å²) in [5.74, 6) is 2.75. The highest BCUT2D eigenvalue weighted by molar-refractivity contribution is 5.65. The van der Waals surface area contributed by atoms with Gasteiger partial charge in [0.15, 0.2) is 0 Å². The number of aryl methyl sites for hydroxylation is 2. The van der Waals surface area contributed by atoms with Gasteiger partial charge in [-0.15, -0.1) is 0 Å². The lowest BCUT2D eigenvalue weighted by Gasteiger charge is -2.28. The van der Waals surface area contributed by atoms with Gasteiger partial charge in [0, 0.05) is 55.2 Å². The molecular weight excluding hydrogens is 392 g/mol. The number of nitrogens with one attached hydrogen (secondary N) is 2. The molecule has 0 radical (unpaired) electrons. The van der Waals surface area contributed by atoms with Crippen LogP contribution >= 0.6 is 0 Å². The number of hydrogen-bond donors (Lipinski definition) is 2. The van der Waals surface area contributed by atoms with Gasteiger partial charge in [-0.3, -0.25) is 0 Å². The highest BCUT2D eigenvalue weighted by atomic mass is 16.5. The minimum absolute atomic E-state index is 0.492. The van der Waals surface area contributed by atoms with Crippen molar-refractivity contribution in [2.24, 2.45) is 0 Å². The van der Waals surface area contributed by atoms with Crippen LogP contribution in [-0.2, 0) is 4.74 Å². The highest BCUT2D eigenvalue weighted by Crippen LogP contribution is 2.24. The van der Waals surface area contributed by atoms with Gasteiger partial charge in [0.2, 0.25) is 5.95 Å². The predicted molar refractivity (Wildman–Crippen MR) is 121 cm³/mol. The Bertz CT molecular complexity index is 1200. The smallest absolute Gasteiger partial charge is 0.232 e. The lowest BCUT2D eigenvalue weighted by atomic mass is 10.2. The fourth-order valence-electron chi connectivity index (χ4n) is 3.66. The van der Waals surface area contributed by atoms with Crippen LogP contribution in [0.2, 0.25) is 0 Å². The fraction of sp³-hybridized carbons (Fsp3) is 0.273. The molecule has 5 heterocycles. The number of ether oxygens (including phenoxy) is 1. The molecule has 0 saturated carbocycles. The molecule has 1 aliphatic rings. The summed E-state index contributed by atoms with van der Waals surface area (Å²) >= 11 is 0. The minimum Gasteiger partial charge on any atom is -0.378 e. The Morgan fingerprint density at radius 3 is 2.58 bits per heavy atom. The van der Waals surface area contributed by atoms with Crippen LogP contribution < -0.4 is 15.5 Å². The second-order valence-electron chi connectivity index (χ2n) is 7.56. The van der Waals surface area contributed by atoms with Crippen molar-refractivity contribution >= 4 is 34.7 Å². The number of pyridine rings is 2. The van der Waals surface area contributed by atoms with Gasteiger partial charge in [0.1, 0.15) is 23.1 Å². The van der Waals surface area contributed by atoms with Crippen molar-refractivity contribution in [3.05, 3.63) is 60.2 Å². The van der Waals surface area contributed by atoms with Gasteiger partial charge < -0.3 is 24.7 Å². The maximum absolute atomic E-state index is 5.50. The molecule has 0 aliphatic carbocycles. The molecule has 5 rings (SSSR count). The van der Waals surface area contributed by atoms with E-state index in [2.05, 4.69) is 30.5 Å². The Labute approximate surface area is 180 Å². The van der Waals surface area contributed by atoms with Crippen molar-refractivity contribution in [3.63, 3.8) is 0 Å². The van der Waals surface area contributed by atoms with E-state index in [4.69, 9.17) is 9.72 Å². The number of anilines is 5. The van der Waals surface area contributed by atoms with Crippen LogP contribution in [0.3, 0.4) is 0 Å². The summed E-state index contributed by atoms with van der Waals surface area (Å²) in [6.45, 7) is 6.97. The maximum atomic E-state index is 5.50. The third-order valence-corrected chi connectivity index (χ3v) is 5.06. The van der Waals surface area contributed by atoms with E-state index >= 15 is 0 Å². The molecule has 9 nitrogen and oxygen atoms in total. The first kappa shape index (κ1) is 19.3. The van der Waals surface area contributed by atoms with Crippen molar-refractivity contribution in [3.8, 4) is 0 Å². The third-order valence-electron chi connectivity index (χ3n) is 5.06. The number of fused-ring (bicyclic) bond motifs is 1. The standard InChI is InChI=1S/C22H24N8O/c1-15-11-16(2)24-18(12-15)26-22-27-19(14-21(28-22)30-7-9-31-10-8-30)25-17-3-5-29-6-4-23-20(29)13-17/h3-6,11-14H,7-10H2,1-2H3,(H2,24,25,26,27,28). The van der Waals surface area contributed by atoms with Crippen LogP contribution in [0.4, 0.5) is 29.1 Å². The first-order valence-electron chi connectivity index (χ1n) is 10.3. The van der Waals surface area contributed by atoms with E-state index in [-0.39, 0.29) is 0 Å². The Hall–Kier alpha value is -3.72. The van der Waals surface area contributed by atoms with E-state index in [0.717, 1.165) is 47.3 Å². The van der Waals surface area contributed by atoms with Gasteiger partial charge in [0.25, 0.3) is 0 Å². The molecule has 0 aromatic carbocycles. The van der Waals surface area contributed by atoms with Crippen molar-refractivity contribution in [2.45, 2.75) is 13.8 Å². The largest absolute Gasteiger partial charge is 0.378 e. The van der Waals surface area contributed by atoms with Crippen LogP contribution in [-0.4, -0.2) is 50.6 Å². The summed E-state index contributed by atoms with van der Waals surface area (Å²) in [6.07, 6.45) is 5.66. The van der Waals surface area contributed by atoms with E-state index in [0.29, 0.717) is 25.0 Å². The normalized spacial score (nSPS) is 14.1. The molecular formula is C22H24N8O. The summed E-state index contributed by atoms with van der Waals surface area (Å²) in [7, 11) is 0. The van der Waals surface area contributed by atoms with Crippen LogP contribution in [0.15, 0.2) is 48.9 Å². The van der Waals surface area contributed by atoms with Gasteiger partial charge in [-0.05, 0) is 37.6 Å². The second kappa shape index (κ2) is 8.19. The SMILES string of the molecule is Cc1cc(C)nc(Nc2nc(Nc3ccn4ccnc4c3)cc(N3CCOCC3)n2)c1. The Morgan fingerprint density at radius 1 is 0.903 bits per heavy atom. The Balaban J connectivity index is 1.48. The predicted octanol–water partition coefficient (Wildman–Crippen LogP) is 3.46. The van der Waals surface area contributed by atoms with Crippen LogP contribution in [0.1, 0.15) is 11.3 Å². The first-order valence-corrected chi connectivity index (χ1v) is 10.3. The third kappa shape index (κ3) is 4.41. The molecule has 158 valence electrons. The van der Waals surface area contributed by atoms with E-state index in [1.54, 1.807) is 6.20 Å². The molecule has 0 spiro atoms. The van der Waals surface area contributed by atoms with Crippen molar-refractivity contribution in [1.82, 2.24) is 24.3 Å². The van der Waals surface area contributed by atoms with Crippen molar-refractivity contribution in [1.29, 1.82) is 0 Å². The van der Waals surface area contributed by atoms with Crippen LogP contribution in [0.25, 0.3) is 5.65 Å². The van der Waals surface area contributed by atoms with Gasteiger partial charge in [-0.2, -0.15) is 9.97 Å². The quantitative estimate of drug-likeness (QED) is 0.511.